The molecule has 0 radical (unpaired) electrons. The molecular weight excluding hydrogens is 196 g/mol. The Labute approximate surface area is 87.6 Å². The number of aromatic nitrogens is 1. The molecule has 0 saturated carbocycles. The Balaban J connectivity index is 2.24. The number of aryl methyl sites for hydroxylation is 2. The molecule has 0 aliphatic carbocycles. The summed E-state index contributed by atoms with van der Waals surface area (Å²) in [5.41, 5.74) is 1.06. The third-order valence-electron chi connectivity index (χ3n) is 2.63. The molecule has 0 spiro atoms. The van der Waals surface area contributed by atoms with Gasteiger partial charge in [0.25, 0.3) is 0 Å². The minimum Gasteiger partial charge on any atom is -0.315 e. The van der Waals surface area contributed by atoms with Gasteiger partial charge in [-0.3, -0.25) is 4.79 Å². The molecule has 76 valence electrons. The van der Waals surface area contributed by atoms with Crippen LogP contribution in [0.15, 0.2) is 0 Å². The molecule has 1 N–H and O–H groups in total. The first-order valence-corrected chi connectivity index (χ1v) is 5.67. The van der Waals surface area contributed by atoms with E-state index in [1.807, 2.05) is 6.92 Å². The lowest BCUT2D eigenvalue weighted by Crippen LogP contribution is -2.35. The Kier molecular flexibility index (Phi) is 2.65. The molecule has 0 bridgehead atoms. The highest BCUT2D eigenvalue weighted by atomic mass is 32.1. The van der Waals surface area contributed by atoms with E-state index >= 15 is 0 Å². The Morgan fingerprint density at radius 3 is 2.86 bits per heavy atom. The molecule has 1 aromatic heterocycles. The molecule has 0 aromatic carbocycles. The molecule has 2 rings (SSSR count). The smallest absolute Gasteiger partial charge is 0.145 e. The van der Waals surface area contributed by atoms with E-state index in [9.17, 15) is 4.79 Å². The lowest BCUT2D eigenvalue weighted by atomic mass is 9.99. The van der Waals surface area contributed by atoms with Gasteiger partial charge in [-0.15, -0.1) is 11.3 Å². The first-order chi connectivity index (χ1) is 6.68. The van der Waals surface area contributed by atoms with Gasteiger partial charge in [-0.25, -0.2) is 4.98 Å². The van der Waals surface area contributed by atoms with Gasteiger partial charge in [-0.05, 0) is 13.8 Å². The highest BCUT2D eigenvalue weighted by molar-refractivity contribution is 7.11. The quantitative estimate of drug-likeness (QED) is 0.762. The van der Waals surface area contributed by atoms with Crippen LogP contribution in [0, 0.1) is 13.8 Å². The normalized spacial score (nSPS) is 22.7. The zero-order valence-corrected chi connectivity index (χ0v) is 9.28. The fourth-order valence-electron chi connectivity index (χ4n) is 1.62. The first-order valence-electron chi connectivity index (χ1n) is 4.86. The van der Waals surface area contributed by atoms with Crippen molar-refractivity contribution in [3.63, 3.8) is 0 Å². The third-order valence-corrected chi connectivity index (χ3v) is 3.82. The minimum atomic E-state index is 0.00106. The van der Waals surface area contributed by atoms with Gasteiger partial charge in [-0.2, -0.15) is 0 Å². The topological polar surface area (TPSA) is 42.0 Å². The Morgan fingerprint density at radius 1 is 1.50 bits per heavy atom. The number of piperidine rings is 1. The molecule has 1 saturated heterocycles. The summed E-state index contributed by atoms with van der Waals surface area (Å²) in [5.74, 6) is 0.332. The highest BCUT2D eigenvalue weighted by Gasteiger charge is 2.26. The van der Waals surface area contributed by atoms with Crippen LogP contribution in [0.1, 0.15) is 27.9 Å². The fourth-order valence-corrected chi connectivity index (χ4v) is 2.66. The maximum Gasteiger partial charge on any atom is 0.145 e. The number of carbonyl (C=O) groups excluding carboxylic acids is 1. The largest absolute Gasteiger partial charge is 0.315 e. The van der Waals surface area contributed by atoms with Crippen LogP contribution in [0.3, 0.4) is 0 Å². The average Bonchev–Trinajstić information content (AvgIpc) is 2.48. The van der Waals surface area contributed by atoms with Crippen LogP contribution in [-0.4, -0.2) is 23.9 Å². The number of carbonyl (C=O) groups is 1. The first kappa shape index (κ1) is 9.80. The van der Waals surface area contributed by atoms with Crippen LogP contribution < -0.4 is 5.32 Å². The lowest BCUT2D eigenvalue weighted by molar-refractivity contribution is -0.121. The number of rotatable bonds is 1. The van der Waals surface area contributed by atoms with E-state index in [4.69, 9.17) is 0 Å². The van der Waals surface area contributed by atoms with E-state index in [1.165, 1.54) is 4.88 Å². The molecule has 1 unspecified atom stereocenters. The fraction of sp³-hybridized carbons (Fsp3) is 0.600. The van der Waals surface area contributed by atoms with Crippen LogP contribution in [-0.2, 0) is 4.79 Å². The van der Waals surface area contributed by atoms with E-state index < -0.39 is 0 Å². The van der Waals surface area contributed by atoms with Crippen LogP contribution in [0.25, 0.3) is 0 Å². The highest BCUT2D eigenvalue weighted by Crippen LogP contribution is 2.26. The van der Waals surface area contributed by atoms with Crippen LogP contribution in [0.2, 0.25) is 0 Å². The van der Waals surface area contributed by atoms with Crippen molar-refractivity contribution in [2.75, 3.05) is 13.1 Å². The van der Waals surface area contributed by atoms with Crippen LogP contribution in [0.5, 0.6) is 0 Å². The number of Topliss-reactive ketones (excluding diaryl/α,β-unsaturated/α-hetero) is 1. The zero-order valence-electron chi connectivity index (χ0n) is 8.46. The van der Waals surface area contributed by atoms with Crippen molar-refractivity contribution in [3.8, 4) is 0 Å². The maximum atomic E-state index is 11.6. The van der Waals surface area contributed by atoms with Crippen molar-refractivity contribution in [2.24, 2.45) is 0 Å². The van der Waals surface area contributed by atoms with Gasteiger partial charge in [0, 0.05) is 24.4 Å². The summed E-state index contributed by atoms with van der Waals surface area (Å²) in [7, 11) is 0. The van der Waals surface area contributed by atoms with Crippen molar-refractivity contribution in [3.05, 3.63) is 15.6 Å². The summed E-state index contributed by atoms with van der Waals surface area (Å²) in [4.78, 5) is 17.3. The third kappa shape index (κ3) is 1.72. The average molecular weight is 210 g/mol. The van der Waals surface area contributed by atoms with Gasteiger partial charge in [0.15, 0.2) is 0 Å². The van der Waals surface area contributed by atoms with Gasteiger partial charge in [0.05, 0.1) is 11.6 Å². The summed E-state index contributed by atoms with van der Waals surface area (Å²) in [6.07, 6.45) is 0.641. The Hall–Kier alpha value is -0.740. The number of nitrogens with one attached hydrogen (secondary N) is 1. The monoisotopic (exact) mass is 210 g/mol. The molecule has 3 nitrogen and oxygen atoms in total. The molecule has 1 aromatic rings. The number of ketones is 1. The van der Waals surface area contributed by atoms with Gasteiger partial charge < -0.3 is 5.32 Å². The van der Waals surface area contributed by atoms with Gasteiger partial charge in [0.1, 0.15) is 10.8 Å². The molecule has 1 aliphatic heterocycles. The number of hydrogen-bond acceptors (Lipinski definition) is 4. The molecule has 1 aliphatic rings. The number of hydrogen-bond donors (Lipinski definition) is 1. The predicted molar refractivity (Wildman–Crippen MR) is 56.8 cm³/mol. The maximum absolute atomic E-state index is 11.6. The summed E-state index contributed by atoms with van der Waals surface area (Å²) in [6.45, 7) is 5.62. The van der Waals surface area contributed by atoms with E-state index in [2.05, 4.69) is 17.2 Å². The van der Waals surface area contributed by atoms with Crippen molar-refractivity contribution >= 4 is 17.1 Å². The summed E-state index contributed by atoms with van der Waals surface area (Å²) < 4.78 is 0. The van der Waals surface area contributed by atoms with Crippen molar-refractivity contribution in [1.82, 2.24) is 10.3 Å². The van der Waals surface area contributed by atoms with E-state index in [0.717, 1.165) is 23.8 Å². The second-order valence-electron chi connectivity index (χ2n) is 3.67. The number of nitrogens with zero attached hydrogens (tertiary/aromatic N) is 1. The molecule has 0 amide bonds. The molecule has 4 heteroatoms. The molecule has 1 atom stereocenters. The van der Waals surface area contributed by atoms with Crippen LogP contribution >= 0.6 is 11.3 Å². The summed E-state index contributed by atoms with van der Waals surface area (Å²) in [6, 6.07) is 0. The number of thiazole rings is 1. The SMILES string of the molecule is Cc1nc(C2CNCCC2=O)sc1C. The molecule has 2 heterocycles. The lowest BCUT2D eigenvalue weighted by Gasteiger charge is -2.19. The van der Waals surface area contributed by atoms with E-state index in [0.29, 0.717) is 12.2 Å². The Morgan fingerprint density at radius 2 is 2.29 bits per heavy atom. The minimum absolute atomic E-state index is 0.00106. The predicted octanol–water partition coefficient (Wildman–Crippen LogP) is 1.41. The molecule has 14 heavy (non-hydrogen) atoms. The molecular formula is C10H14N2OS. The zero-order chi connectivity index (χ0) is 10.1. The van der Waals surface area contributed by atoms with Gasteiger partial charge >= 0.3 is 0 Å². The van der Waals surface area contributed by atoms with Crippen molar-refractivity contribution in [1.29, 1.82) is 0 Å². The van der Waals surface area contributed by atoms with Gasteiger partial charge in [-0.1, -0.05) is 0 Å². The second kappa shape index (κ2) is 3.79. The van der Waals surface area contributed by atoms with E-state index in [-0.39, 0.29) is 5.92 Å². The standard InChI is InChI=1S/C10H14N2OS/c1-6-7(2)14-10(12-6)8-5-11-4-3-9(8)13/h8,11H,3-5H2,1-2H3. The van der Waals surface area contributed by atoms with E-state index in [1.54, 1.807) is 11.3 Å². The molecule has 1 fully saturated rings. The van der Waals surface area contributed by atoms with Crippen molar-refractivity contribution in [2.45, 2.75) is 26.2 Å². The van der Waals surface area contributed by atoms with Crippen LogP contribution in [0.4, 0.5) is 0 Å². The Bertz CT molecular complexity index is 340. The van der Waals surface area contributed by atoms with Crippen molar-refractivity contribution < 1.29 is 4.79 Å². The summed E-state index contributed by atoms with van der Waals surface area (Å²) in [5, 5.41) is 4.22. The summed E-state index contributed by atoms with van der Waals surface area (Å²) >= 11 is 1.65. The van der Waals surface area contributed by atoms with Gasteiger partial charge in [0.2, 0.25) is 0 Å². The second-order valence-corrected chi connectivity index (χ2v) is 4.90.